The van der Waals surface area contributed by atoms with E-state index in [1.165, 1.54) is 6.07 Å². The maximum Gasteiger partial charge on any atom is 0.292 e. The van der Waals surface area contributed by atoms with Crippen molar-refractivity contribution in [2.45, 2.75) is 20.0 Å². The van der Waals surface area contributed by atoms with Crippen molar-refractivity contribution in [1.29, 1.82) is 0 Å². The number of nitro benzene ring substituents is 1. The van der Waals surface area contributed by atoms with Crippen LogP contribution in [0.2, 0.25) is 0 Å². The van der Waals surface area contributed by atoms with E-state index in [9.17, 15) is 10.1 Å². The quantitative estimate of drug-likeness (QED) is 0.625. The van der Waals surface area contributed by atoms with E-state index in [-0.39, 0.29) is 10.6 Å². The summed E-state index contributed by atoms with van der Waals surface area (Å²) in [5, 5.41) is 14.2. The number of hydrogen-bond donors (Lipinski definition) is 1. The van der Waals surface area contributed by atoms with Crippen molar-refractivity contribution in [2.24, 2.45) is 0 Å². The van der Waals surface area contributed by atoms with Crippen LogP contribution in [0.25, 0.3) is 0 Å². The molecule has 1 aromatic carbocycles. The molecule has 6 nitrogen and oxygen atoms in total. The van der Waals surface area contributed by atoms with Gasteiger partial charge in [0.2, 0.25) is 0 Å². The number of nitrogens with zero attached hydrogens (tertiary/aromatic N) is 2. The van der Waals surface area contributed by atoms with Gasteiger partial charge < -0.3 is 9.73 Å². The second-order valence-electron chi connectivity index (χ2n) is 4.90. The minimum atomic E-state index is -0.350. The summed E-state index contributed by atoms with van der Waals surface area (Å²) in [5.74, 6) is 0. The third-order valence-corrected chi connectivity index (χ3v) is 3.15. The second-order valence-corrected chi connectivity index (χ2v) is 4.90. The molecule has 0 atom stereocenters. The van der Waals surface area contributed by atoms with Crippen LogP contribution in [0.4, 0.5) is 11.4 Å². The molecule has 0 saturated carbocycles. The van der Waals surface area contributed by atoms with E-state index < -0.39 is 0 Å². The predicted molar refractivity (Wildman–Crippen MR) is 81.1 cm³/mol. The van der Waals surface area contributed by atoms with Crippen LogP contribution in [-0.2, 0) is 13.1 Å². The maximum absolute atomic E-state index is 11.1. The topological polar surface area (TPSA) is 71.5 Å². The van der Waals surface area contributed by atoms with E-state index in [0.29, 0.717) is 18.8 Å². The van der Waals surface area contributed by atoms with Gasteiger partial charge in [-0.25, -0.2) is 0 Å². The van der Waals surface area contributed by atoms with Gasteiger partial charge in [0.15, 0.2) is 0 Å². The van der Waals surface area contributed by atoms with Crippen LogP contribution < -0.4 is 5.32 Å². The summed E-state index contributed by atoms with van der Waals surface area (Å²) in [5.41, 5.74) is 2.71. The van der Waals surface area contributed by atoms with Gasteiger partial charge in [-0.3, -0.25) is 15.0 Å². The molecule has 1 aromatic heterocycles. The molecule has 1 heterocycles. The Morgan fingerprint density at radius 1 is 1.33 bits per heavy atom. The van der Waals surface area contributed by atoms with Crippen molar-refractivity contribution < 1.29 is 9.34 Å². The van der Waals surface area contributed by atoms with Gasteiger partial charge in [0.05, 0.1) is 17.4 Å². The number of hydrogen-bond acceptors (Lipinski definition) is 5. The molecule has 2 aromatic rings. The van der Waals surface area contributed by atoms with E-state index in [2.05, 4.69) is 10.2 Å². The number of anilines is 1. The Balaban J connectivity index is 2.18. The number of para-hydroxylation sites is 1. The van der Waals surface area contributed by atoms with E-state index >= 15 is 0 Å². The maximum atomic E-state index is 11.1. The summed E-state index contributed by atoms with van der Waals surface area (Å²) in [4.78, 5) is 12.9. The van der Waals surface area contributed by atoms with Crippen LogP contribution in [0, 0.1) is 10.1 Å². The van der Waals surface area contributed by atoms with Gasteiger partial charge in [-0.1, -0.05) is 12.1 Å². The molecule has 0 unspecified atom stereocenters. The first-order valence-corrected chi connectivity index (χ1v) is 6.81. The second kappa shape index (κ2) is 6.90. The summed E-state index contributed by atoms with van der Waals surface area (Å²) in [6.45, 7) is 3.92. The number of nitrogens with one attached hydrogen (secondary N) is 1. The average molecular weight is 289 g/mol. The Bertz CT molecular complexity index is 596. The molecule has 0 aliphatic heterocycles. The molecule has 0 saturated heterocycles. The summed E-state index contributed by atoms with van der Waals surface area (Å²) < 4.78 is 5.05. The zero-order valence-electron chi connectivity index (χ0n) is 12.2. The molecule has 2 rings (SSSR count). The van der Waals surface area contributed by atoms with Crippen LogP contribution in [0.15, 0.2) is 41.2 Å². The Hall–Kier alpha value is -2.34. The lowest BCUT2D eigenvalue weighted by molar-refractivity contribution is -0.384. The largest absolute Gasteiger partial charge is 0.472 e. The summed E-state index contributed by atoms with van der Waals surface area (Å²) in [7, 11) is 1.97. The minimum absolute atomic E-state index is 0.117. The van der Waals surface area contributed by atoms with E-state index in [0.717, 1.165) is 17.7 Å². The Kier molecular flexibility index (Phi) is 4.94. The van der Waals surface area contributed by atoms with E-state index in [4.69, 9.17) is 4.42 Å². The van der Waals surface area contributed by atoms with Crippen LogP contribution in [0.1, 0.15) is 18.1 Å². The fourth-order valence-corrected chi connectivity index (χ4v) is 2.29. The predicted octanol–water partition coefficient (Wildman–Crippen LogP) is 3.25. The monoisotopic (exact) mass is 289 g/mol. The van der Waals surface area contributed by atoms with Crippen LogP contribution in [0.3, 0.4) is 0 Å². The fraction of sp³-hybridized carbons (Fsp3) is 0.333. The number of furan rings is 1. The molecule has 6 heteroatoms. The molecule has 0 amide bonds. The van der Waals surface area contributed by atoms with Gasteiger partial charge in [0.25, 0.3) is 5.69 Å². The highest BCUT2D eigenvalue weighted by Gasteiger charge is 2.17. The Morgan fingerprint density at radius 3 is 2.76 bits per heavy atom. The minimum Gasteiger partial charge on any atom is -0.472 e. The highest BCUT2D eigenvalue weighted by atomic mass is 16.6. The molecule has 21 heavy (non-hydrogen) atoms. The van der Waals surface area contributed by atoms with E-state index in [1.807, 2.05) is 26.1 Å². The van der Waals surface area contributed by atoms with Gasteiger partial charge >= 0.3 is 0 Å². The number of rotatable bonds is 7. The smallest absolute Gasteiger partial charge is 0.292 e. The molecule has 0 fully saturated rings. The SMILES string of the molecule is CCNc1c(CN(C)Cc2ccoc2)cccc1[N+](=O)[O-]. The highest BCUT2D eigenvalue weighted by molar-refractivity contribution is 5.66. The van der Waals surface area contributed by atoms with Gasteiger partial charge in [0, 0.05) is 31.3 Å². The van der Waals surface area contributed by atoms with Crippen LogP contribution >= 0.6 is 0 Å². The fourth-order valence-electron chi connectivity index (χ4n) is 2.29. The Morgan fingerprint density at radius 2 is 2.14 bits per heavy atom. The van der Waals surface area contributed by atoms with Crippen molar-refractivity contribution in [3.8, 4) is 0 Å². The number of benzene rings is 1. The lowest BCUT2D eigenvalue weighted by Crippen LogP contribution is -2.18. The molecule has 112 valence electrons. The standard InChI is InChI=1S/C15H19N3O3/c1-3-16-15-13(5-4-6-14(15)18(19)20)10-17(2)9-12-7-8-21-11-12/h4-8,11,16H,3,9-10H2,1-2H3. The third-order valence-electron chi connectivity index (χ3n) is 3.15. The van der Waals surface area contributed by atoms with Crippen molar-refractivity contribution in [2.75, 3.05) is 18.9 Å². The summed E-state index contributed by atoms with van der Waals surface area (Å²) in [6.07, 6.45) is 3.34. The highest BCUT2D eigenvalue weighted by Crippen LogP contribution is 2.29. The van der Waals surface area contributed by atoms with Crippen molar-refractivity contribution in [1.82, 2.24) is 4.90 Å². The molecule has 0 bridgehead atoms. The normalized spacial score (nSPS) is 10.8. The van der Waals surface area contributed by atoms with Crippen molar-refractivity contribution in [3.63, 3.8) is 0 Å². The van der Waals surface area contributed by atoms with Gasteiger partial charge in [-0.15, -0.1) is 0 Å². The number of nitro groups is 1. The molecule has 0 spiro atoms. The van der Waals surface area contributed by atoms with Crippen molar-refractivity contribution in [3.05, 3.63) is 58.0 Å². The van der Waals surface area contributed by atoms with Crippen LogP contribution in [0.5, 0.6) is 0 Å². The zero-order valence-corrected chi connectivity index (χ0v) is 12.2. The summed E-state index contributed by atoms with van der Waals surface area (Å²) >= 11 is 0. The lowest BCUT2D eigenvalue weighted by Gasteiger charge is -2.18. The van der Waals surface area contributed by atoms with Gasteiger partial charge in [-0.05, 0) is 25.6 Å². The van der Waals surface area contributed by atoms with Gasteiger partial charge in [-0.2, -0.15) is 0 Å². The average Bonchev–Trinajstić information content (AvgIpc) is 2.93. The molecule has 0 aliphatic rings. The lowest BCUT2D eigenvalue weighted by atomic mass is 10.1. The molecule has 1 N–H and O–H groups in total. The first kappa shape index (κ1) is 15.1. The summed E-state index contributed by atoms with van der Waals surface area (Å²) in [6, 6.07) is 7.07. The van der Waals surface area contributed by atoms with Crippen molar-refractivity contribution >= 4 is 11.4 Å². The zero-order chi connectivity index (χ0) is 15.2. The molecule has 0 radical (unpaired) electrons. The van der Waals surface area contributed by atoms with Crippen LogP contribution in [-0.4, -0.2) is 23.4 Å². The molecular weight excluding hydrogens is 270 g/mol. The first-order chi connectivity index (χ1) is 10.1. The van der Waals surface area contributed by atoms with Gasteiger partial charge in [0.1, 0.15) is 5.69 Å². The third kappa shape index (κ3) is 3.82. The first-order valence-electron chi connectivity index (χ1n) is 6.81. The Labute approximate surface area is 123 Å². The van der Waals surface area contributed by atoms with E-state index in [1.54, 1.807) is 18.6 Å². The molecule has 0 aliphatic carbocycles. The molecular formula is C15H19N3O3.